The highest BCUT2D eigenvalue weighted by atomic mass is 35.5. The Bertz CT molecular complexity index is 816. The van der Waals surface area contributed by atoms with Gasteiger partial charge in [-0.25, -0.2) is 0 Å². The average Bonchev–Trinajstić information content (AvgIpc) is 3.24. The summed E-state index contributed by atoms with van der Waals surface area (Å²) in [5.74, 6) is 1.37. The molecule has 4 rings (SSSR count). The van der Waals surface area contributed by atoms with Gasteiger partial charge in [0.2, 0.25) is 11.7 Å². The smallest absolute Gasteiger partial charge is 0.227 e. The molecule has 126 valence electrons. The van der Waals surface area contributed by atoms with E-state index in [1.54, 1.807) is 11.3 Å². The molecule has 24 heavy (non-hydrogen) atoms. The van der Waals surface area contributed by atoms with Crippen molar-refractivity contribution in [2.24, 2.45) is 0 Å². The lowest BCUT2D eigenvalue weighted by Crippen LogP contribution is -2.24. The third kappa shape index (κ3) is 3.36. The summed E-state index contributed by atoms with van der Waals surface area (Å²) in [6, 6.07) is 4.20. The van der Waals surface area contributed by atoms with Gasteiger partial charge in [-0.2, -0.15) is 4.98 Å². The normalized spacial score (nSPS) is 13.4. The Kier molecular flexibility index (Phi) is 5.28. The zero-order valence-electron chi connectivity index (χ0n) is 13.4. The summed E-state index contributed by atoms with van der Waals surface area (Å²) >= 11 is 1.76. The molecular formula is C17H19ClN4OS. The van der Waals surface area contributed by atoms with Gasteiger partial charge in [-0.1, -0.05) is 11.2 Å². The third-order valence-corrected chi connectivity index (χ3v) is 5.13. The number of pyridine rings is 1. The molecule has 7 heteroatoms. The quantitative estimate of drug-likeness (QED) is 0.771. The first-order chi connectivity index (χ1) is 11.3. The van der Waals surface area contributed by atoms with Crippen molar-refractivity contribution in [3.05, 3.63) is 51.3 Å². The number of halogens is 1. The number of rotatable bonds is 4. The van der Waals surface area contributed by atoms with E-state index in [4.69, 9.17) is 4.52 Å². The topological polar surface area (TPSA) is 63.8 Å². The monoisotopic (exact) mass is 362 g/mol. The van der Waals surface area contributed by atoms with Gasteiger partial charge in [0.1, 0.15) is 0 Å². The van der Waals surface area contributed by atoms with Crippen LogP contribution in [0.5, 0.6) is 0 Å². The van der Waals surface area contributed by atoms with Crippen molar-refractivity contribution in [2.45, 2.75) is 32.7 Å². The minimum Gasteiger partial charge on any atom is -0.339 e. The highest BCUT2D eigenvalue weighted by Gasteiger charge is 2.20. The number of aromatic nitrogens is 3. The molecule has 0 unspecified atom stereocenters. The predicted molar refractivity (Wildman–Crippen MR) is 96.7 cm³/mol. The molecule has 1 aliphatic rings. The van der Waals surface area contributed by atoms with E-state index in [1.807, 2.05) is 13.1 Å². The fourth-order valence-corrected chi connectivity index (χ4v) is 3.72. The van der Waals surface area contributed by atoms with Crippen LogP contribution in [0.2, 0.25) is 0 Å². The molecule has 0 aliphatic carbocycles. The number of aryl methyl sites for hydroxylation is 3. The highest BCUT2D eigenvalue weighted by molar-refractivity contribution is 7.09. The van der Waals surface area contributed by atoms with E-state index in [0.29, 0.717) is 11.7 Å². The number of nitrogens with zero attached hydrogens (tertiary/aromatic N) is 3. The van der Waals surface area contributed by atoms with Crippen molar-refractivity contribution in [2.75, 3.05) is 6.54 Å². The van der Waals surface area contributed by atoms with Gasteiger partial charge in [-0.3, -0.25) is 4.98 Å². The van der Waals surface area contributed by atoms with Crippen LogP contribution < -0.4 is 5.32 Å². The SMILES string of the molecule is Cc1ncc2c(c1-c1noc(CCc3cccs3)n1)CCNC2.Cl. The van der Waals surface area contributed by atoms with Crippen molar-refractivity contribution < 1.29 is 4.52 Å². The number of thiophene rings is 1. The molecule has 0 saturated carbocycles. The van der Waals surface area contributed by atoms with Crippen molar-refractivity contribution >= 4 is 23.7 Å². The lowest BCUT2D eigenvalue weighted by molar-refractivity contribution is 0.379. The Morgan fingerprint density at radius 3 is 3.08 bits per heavy atom. The summed E-state index contributed by atoms with van der Waals surface area (Å²) < 4.78 is 5.46. The highest BCUT2D eigenvalue weighted by Crippen LogP contribution is 2.28. The van der Waals surface area contributed by atoms with E-state index >= 15 is 0 Å². The van der Waals surface area contributed by atoms with Crippen molar-refractivity contribution in [3.63, 3.8) is 0 Å². The minimum absolute atomic E-state index is 0. The molecule has 0 fully saturated rings. The van der Waals surface area contributed by atoms with E-state index in [9.17, 15) is 0 Å². The molecule has 3 aromatic rings. The van der Waals surface area contributed by atoms with E-state index in [2.05, 4.69) is 38.0 Å². The Balaban J connectivity index is 0.00000169. The van der Waals surface area contributed by atoms with Crippen LogP contribution in [0.3, 0.4) is 0 Å². The summed E-state index contributed by atoms with van der Waals surface area (Å²) in [6.45, 7) is 3.85. The predicted octanol–water partition coefficient (Wildman–Crippen LogP) is 3.35. The second kappa shape index (κ2) is 7.42. The molecule has 0 spiro atoms. The zero-order chi connectivity index (χ0) is 15.6. The van der Waals surface area contributed by atoms with Crippen LogP contribution in [-0.2, 0) is 25.8 Å². The minimum atomic E-state index is 0. The maximum atomic E-state index is 5.46. The lowest BCUT2D eigenvalue weighted by atomic mass is 9.95. The number of hydrogen-bond donors (Lipinski definition) is 1. The molecular weight excluding hydrogens is 344 g/mol. The third-order valence-electron chi connectivity index (χ3n) is 4.19. The maximum absolute atomic E-state index is 5.46. The largest absolute Gasteiger partial charge is 0.339 e. The van der Waals surface area contributed by atoms with E-state index in [1.165, 1.54) is 16.0 Å². The Hall–Kier alpha value is -1.76. The molecule has 5 nitrogen and oxygen atoms in total. The molecule has 0 amide bonds. The van der Waals surface area contributed by atoms with Gasteiger partial charge in [-0.15, -0.1) is 23.7 Å². The van der Waals surface area contributed by atoms with Crippen LogP contribution >= 0.6 is 23.7 Å². The summed E-state index contributed by atoms with van der Waals surface area (Å²) in [6.07, 6.45) is 4.65. The number of fused-ring (bicyclic) bond motifs is 1. The van der Waals surface area contributed by atoms with E-state index in [-0.39, 0.29) is 12.4 Å². The molecule has 4 heterocycles. The number of nitrogens with one attached hydrogen (secondary N) is 1. The van der Waals surface area contributed by atoms with Crippen LogP contribution in [0.1, 0.15) is 27.6 Å². The molecule has 1 N–H and O–H groups in total. The summed E-state index contributed by atoms with van der Waals surface area (Å²) in [7, 11) is 0. The first-order valence-corrected chi connectivity index (χ1v) is 8.72. The Labute approximate surface area is 150 Å². The second-order valence-electron chi connectivity index (χ2n) is 5.74. The summed E-state index contributed by atoms with van der Waals surface area (Å²) in [5.41, 5.74) is 4.56. The molecule has 1 aliphatic heterocycles. The summed E-state index contributed by atoms with van der Waals surface area (Å²) in [5, 5.41) is 9.68. The van der Waals surface area contributed by atoms with Gasteiger partial charge in [0.15, 0.2) is 0 Å². The zero-order valence-corrected chi connectivity index (χ0v) is 15.0. The standard InChI is InChI=1S/C17H18N4OS.ClH/c1-11-16(14-6-7-18-9-12(14)10-19-11)17-20-15(22-21-17)5-4-13-3-2-8-23-13;/h2-3,8,10,18H,4-7,9H2,1H3;1H. The second-order valence-corrected chi connectivity index (χ2v) is 6.77. The van der Waals surface area contributed by atoms with Crippen molar-refractivity contribution in [1.82, 2.24) is 20.4 Å². The summed E-state index contributed by atoms with van der Waals surface area (Å²) in [4.78, 5) is 10.5. The fraction of sp³-hybridized carbons (Fsp3) is 0.353. The van der Waals surface area contributed by atoms with E-state index < -0.39 is 0 Å². The van der Waals surface area contributed by atoms with Gasteiger partial charge in [0.05, 0.1) is 0 Å². The molecule has 0 aromatic carbocycles. The molecule has 3 aromatic heterocycles. The number of hydrogen-bond acceptors (Lipinski definition) is 6. The van der Waals surface area contributed by atoms with Gasteiger partial charge in [-0.05, 0) is 48.9 Å². The molecule has 0 radical (unpaired) electrons. The van der Waals surface area contributed by atoms with Gasteiger partial charge in [0, 0.05) is 35.3 Å². The lowest BCUT2D eigenvalue weighted by Gasteiger charge is -2.19. The van der Waals surface area contributed by atoms with Crippen LogP contribution in [0, 0.1) is 6.92 Å². The van der Waals surface area contributed by atoms with E-state index in [0.717, 1.165) is 43.6 Å². The van der Waals surface area contributed by atoms with Crippen LogP contribution in [0.25, 0.3) is 11.4 Å². The Morgan fingerprint density at radius 2 is 2.25 bits per heavy atom. The average molecular weight is 363 g/mol. The van der Waals surface area contributed by atoms with Crippen molar-refractivity contribution in [3.8, 4) is 11.4 Å². The van der Waals surface area contributed by atoms with Crippen LogP contribution in [0.15, 0.2) is 28.2 Å². The molecule has 0 bridgehead atoms. The Morgan fingerprint density at radius 1 is 1.33 bits per heavy atom. The van der Waals surface area contributed by atoms with Crippen molar-refractivity contribution in [1.29, 1.82) is 0 Å². The van der Waals surface area contributed by atoms with Gasteiger partial charge >= 0.3 is 0 Å². The fourth-order valence-electron chi connectivity index (χ4n) is 3.01. The first-order valence-electron chi connectivity index (χ1n) is 7.84. The molecule has 0 saturated heterocycles. The maximum Gasteiger partial charge on any atom is 0.227 e. The van der Waals surface area contributed by atoms with Gasteiger partial charge in [0.25, 0.3) is 0 Å². The van der Waals surface area contributed by atoms with Crippen LogP contribution in [-0.4, -0.2) is 21.7 Å². The van der Waals surface area contributed by atoms with Gasteiger partial charge < -0.3 is 9.84 Å². The van der Waals surface area contributed by atoms with Crippen LogP contribution in [0.4, 0.5) is 0 Å². The molecule has 0 atom stereocenters. The first kappa shape index (κ1) is 17.1.